The third-order valence-corrected chi connectivity index (χ3v) is 7.59. The van der Waals surface area contributed by atoms with Gasteiger partial charge >= 0.3 is 0 Å². The number of aromatic nitrogens is 2. The normalized spacial score (nSPS) is 16.9. The number of nitro benzene ring substituents is 1. The number of rotatable bonds is 9. The highest BCUT2D eigenvalue weighted by Crippen LogP contribution is 2.34. The third-order valence-electron chi connectivity index (χ3n) is 7.28. The molecule has 12 heteroatoms. The summed E-state index contributed by atoms with van der Waals surface area (Å²) in [5.41, 5.74) is -0.103. The molecule has 1 heterocycles. The van der Waals surface area contributed by atoms with Gasteiger partial charge < -0.3 is 4.90 Å². The molecule has 40 heavy (non-hydrogen) atoms. The first-order valence-corrected chi connectivity index (χ1v) is 13.1. The molecule has 1 aliphatic carbocycles. The highest BCUT2D eigenvalue weighted by atomic mass is 35.5. The number of nitro groups is 1. The number of hydrogen-bond donors (Lipinski definition) is 0. The van der Waals surface area contributed by atoms with E-state index < -0.39 is 40.5 Å². The summed E-state index contributed by atoms with van der Waals surface area (Å²) < 4.78 is 29.6. The van der Waals surface area contributed by atoms with E-state index in [1.54, 1.807) is 18.5 Å². The molecule has 0 atom stereocenters. The van der Waals surface area contributed by atoms with Crippen LogP contribution in [0.2, 0.25) is 5.02 Å². The van der Waals surface area contributed by atoms with Gasteiger partial charge in [-0.25, -0.2) is 8.78 Å². The van der Waals surface area contributed by atoms with Gasteiger partial charge in [-0.05, 0) is 63.3 Å². The summed E-state index contributed by atoms with van der Waals surface area (Å²) in [6, 6.07) is 6.52. The van der Waals surface area contributed by atoms with Crippen molar-refractivity contribution in [1.29, 1.82) is 0 Å². The minimum Gasteiger partial charge on any atom is -0.326 e. The predicted octanol–water partition coefficient (Wildman–Crippen LogP) is 5.88. The molecule has 1 aromatic heterocycles. The lowest BCUT2D eigenvalue weighted by Gasteiger charge is -2.28. The van der Waals surface area contributed by atoms with Crippen molar-refractivity contribution in [3.05, 3.63) is 91.8 Å². The molecule has 1 saturated carbocycles. The van der Waals surface area contributed by atoms with Crippen molar-refractivity contribution in [2.75, 3.05) is 6.54 Å². The Hall–Kier alpha value is -3.99. The topological polar surface area (TPSA) is 115 Å². The number of nitrogens with zero attached hydrogens (tertiary/aromatic N) is 4. The van der Waals surface area contributed by atoms with Crippen LogP contribution in [0.15, 0.2) is 42.6 Å². The lowest BCUT2D eigenvalue weighted by atomic mass is 9.84. The summed E-state index contributed by atoms with van der Waals surface area (Å²) in [7, 11) is 0. The van der Waals surface area contributed by atoms with Gasteiger partial charge in [-0.1, -0.05) is 17.7 Å². The second-order valence-corrected chi connectivity index (χ2v) is 10.4. The van der Waals surface area contributed by atoms with Gasteiger partial charge in [0.05, 0.1) is 34.3 Å². The van der Waals surface area contributed by atoms with Crippen LogP contribution in [0, 0.1) is 34.6 Å². The molecule has 0 N–H and O–H groups in total. The van der Waals surface area contributed by atoms with Crippen molar-refractivity contribution in [3.63, 3.8) is 0 Å². The molecule has 0 unspecified atom stereocenters. The molecule has 3 aromatic rings. The zero-order valence-corrected chi connectivity index (χ0v) is 22.7. The molecule has 210 valence electrons. The predicted molar refractivity (Wildman–Crippen MR) is 142 cm³/mol. The summed E-state index contributed by atoms with van der Waals surface area (Å²) in [4.78, 5) is 50.7. The molecule has 0 bridgehead atoms. The minimum absolute atomic E-state index is 0.00950. The number of benzene rings is 2. The number of carbonyl (C=O) groups excluding carboxylic acids is 3. The van der Waals surface area contributed by atoms with Gasteiger partial charge in [-0.15, -0.1) is 0 Å². The molecule has 0 spiro atoms. The smallest absolute Gasteiger partial charge is 0.281 e. The molecular weight excluding hydrogens is 546 g/mol. The van der Waals surface area contributed by atoms with E-state index in [1.807, 2.05) is 0 Å². The van der Waals surface area contributed by atoms with Crippen LogP contribution in [0.1, 0.15) is 70.6 Å². The highest BCUT2D eigenvalue weighted by Gasteiger charge is 2.31. The lowest BCUT2D eigenvalue weighted by molar-refractivity contribution is -0.385. The second-order valence-electron chi connectivity index (χ2n) is 9.96. The number of halogens is 3. The maximum absolute atomic E-state index is 13.9. The van der Waals surface area contributed by atoms with Crippen LogP contribution in [0.5, 0.6) is 0 Å². The molecule has 0 radical (unpaired) electrons. The lowest BCUT2D eigenvalue weighted by Crippen LogP contribution is -2.36. The van der Waals surface area contributed by atoms with Crippen LogP contribution in [0.4, 0.5) is 14.5 Å². The van der Waals surface area contributed by atoms with Crippen LogP contribution >= 0.6 is 11.6 Å². The Morgan fingerprint density at radius 3 is 2.38 bits per heavy atom. The largest absolute Gasteiger partial charge is 0.326 e. The molecule has 0 aliphatic heterocycles. The van der Waals surface area contributed by atoms with Crippen molar-refractivity contribution in [2.45, 2.75) is 52.1 Å². The fraction of sp³-hybridized carbons (Fsp3) is 0.357. The Kier molecular flexibility index (Phi) is 8.73. The van der Waals surface area contributed by atoms with E-state index in [4.69, 9.17) is 11.6 Å². The first kappa shape index (κ1) is 29.0. The molecule has 9 nitrogen and oxygen atoms in total. The number of hydrogen-bond acceptors (Lipinski definition) is 6. The maximum atomic E-state index is 13.9. The van der Waals surface area contributed by atoms with Gasteiger partial charge in [0.25, 0.3) is 11.6 Å². The van der Waals surface area contributed by atoms with Crippen LogP contribution in [0.3, 0.4) is 0 Å². The van der Waals surface area contributed by atoms with Crippen LogP contribution in [-0.2, 0) is 11.3 Å². The summed E-state index contributed by atoms with van der Waals surface area (Å²) >= 11 is 6.13. The first-order valence-electron chi connectivity index (χ1n) is 12.7. The van der Waals surface area contributed by atoms with Gasteiger partial charge in [0.2, 0.25) is 0 Å². The van der Waals surface area contributed by atoms with Crippen molar-refractivity contribution >= 4 is 34.8 Å². The van der Waals surface area contributed by atoms with E-state index >= 15 is 0 Å². The Bertz CT molecular complexity index is 1460. The summed E-state index contributed by atoms with van der Waals surface area (Å²) in [5.74, 6) is -3.01. The van der Waals surface area contributed by atoms with Crippen LogP contribution < -0.4 is 0 Å². The number of amides is 1. The van der Waals surface area contributed by atoms with Crippen molar-refractivity contribution < 1.29 is 28.1 Å². The van der Waals surface area contributed by atoms with E-state index in [9.17, 15) is 33.3 Å². The van der Waals surface area contributed by atoms with E-state index in [1.165, 1.54) is 18.3 Å². The molecule has 2 aromatic carbocycles. The van der Waals surface area contributed by atoms with Crippen molar-refractivity contribution in [1.82, 2.24) is 14.7 Å². The number of Topliss-reactive ketones (excluding diaryl/α,β-unsaturated/α-hetero) is 2. The molecule has 0 saturated heterocycles. The van der Waals surface area contributed by atoms with E-state index in [-0.39, 0.29) is 46.0 Å². The number of carbonyl (C=O) groups is 3. The van der Waals surface area contributed by atoms with E-state index in [0.717, 1.165) is 23.1 Å². The standard InChI is InChI=1S/C28H27ClF2N4O5/c1-16-23(13-32-34(16)22-8-6-19(7-9-22)17(2)36)28(38)33(14-18-10-20(30)12-21(31)11-18)15-26(37)27-24(29)4-3-5-25(27)35(39)40/h3-5,10-13,19,22H,6-9,14-15H2,1-2H3. The molecule has 1 amide bonds. The fourth-order valence-electron chi connectivity index (χ4n) is 5.21. The van der Waals surface area contributed by atoms with Crippen LogP contribution in [-0.4, -0.2) is 43.6 Å². The van der Waals surface area contributed by atoms with Gasteiger partial charge in [0.15, 0.2) is 5.78 Å². The maximum Gasteiger partial charge on any atom is 0.281 e. The average Bonchev–Trinajstić information content (AvgIpc) is 3.28. The molecule has 1 aliphatic rings. The molecular formula is C28H27ClF2N4O5. The van der Waals surface area contributed by atoms with Crippen LogP contribution in [0.25, 0.3) is 0 Å². The summed E-state index contributed by atoms with van der Waals surface area (Å²) in [6.45, 7) is 2.29. The fourth-order valence-corrected chi connectivity index (χ4v) is 5.49. The Labute approximate surface area is 233 Å². The first-order chi connectivity index (χ1) is 19.0. The quantitative estimate of drug-likeness (QED) is 0.180. The SMILES string of the molecule is CC(=O)C1CCC(n2ncc(C(=O)N(CC(=O)c3c(Cl)cccc3[N+](=O)[O-])Cc3cc(F)cc(F)c3)c2C)CC1. The van der Waals surface area contributed by atoms with E-state index in [2.05, 4.69) is 5.10 Å². The Morgan fingerprint density at radius 1 is 1.12 bits per heavy atom. The number of ketones is 2. The zero-order chi connectivity index (χ0) is 29.1. The highest BCUT2D eigenvalue weighted by molar-refractivity contribution is 6.34. The van der Waals surface area contributed by atoms with Crippen molar-refractivity contribution in [2.24, 2.45) is 5.92 Å². The minimum atomic E-state index is -0.861. The third kappa shape index (κ3) is 6.25. The summed E-state index contributed by atoms with van der Waals surface area (Å²) in [6.07, 6.45) is 4.22. The Balaban J connectivity index is 1.65. The van der Waals surface area contributed by atoms with E-state index in [0.29, 0.717) is 37.4 Å². The van der Waals surface area contributed by atoms with Gasteiger partial charge in [0.1, 0.15) is 23.0 Å². The summed E-state index contributed by atoms with van der Waals surface area (Å²) in [5, 5.41) is 15.8. The Morgan fingerprint density at radius 2 is 1.77 bits per heavy atom. The van der Waals surface area contributed by atoms with Gasteiger partial charge in [-0.2, -0.15) is 5.10 Å². The second kappa shape index (κ2) is 12.0. The van der Waals surface area contributed by atoms with Gasteiger partial charge in [-0.3, -0.25) is 29.2 Å². The molecule has 4 rings (SSSR count). The zero-order valence-electron chi connectivity index (χ0n) is 21.9. The molecule has 1 fully saturated rings. The average molecular weight is 573 g/mol. The van der Waals surface area contributed by atoms with Crippen molar-refractivity contribution in [3.8, 4) is 0 Å². The van der Waals surface area contributed by atoms with Gasteiger partial charge in [0, 0.05) is 30.3 Å². The monoisotopic (exact) mass is 572 g/mol.